The Morgan fingerprint density at radius 2 is 2.05 bits per heavy atom. The number of nitrogens with one attached hydrogen (secondary N) is 1. The van der Waals surface area contributed by atoms with Crippen LogP contribution in [0.1, 0.15) is 18.1 Å². The van der Waals surface area contributed by atoms with Gasteiger partial charge in [-0.25, -0.2) is 0 Å². The Kier molecular flexibility index (Phi) is 4.29. The van der Waals surface area contributed by atoms with Gasteiger partial charge in [-0.2, -0.15) is 0 Å². The number of carbonyl (C=O) groups is 1. The molecule has 1 heterocycles. The summed E-state index contributed by atoms with van der Waals surface area (Å²) in [6, 6.07) is 5.16. The van der Waals surface area contributed by atoms with E-state index in [1.807, 2.05) is 13.8 Å². The second-order valence-corrected chi connectivity index (χ2v) is 4.88. The van der Waals surface area contributed by atoms with E-state index >= 15 is 0 Å². The molecule has 20 heavy (non-hydrogen) atoms. The van der Waals surface area contributed by atoms with Crippen LogP contribution in [0.15, 0.2) is 29.0 Å². The van der Waals surface area contributed by atoms with Crippen LogP contribution in [0.5, 0.6) is 5.75 Å². The van der Waals surface area contributed by atoms with E-state index in [0.29, 0.717) is 16.6 Å². The first kappa shape index (κ1) is 14.4. The fourth-order valence-electron chi connectivity index (χ4n) is 1.74. The molecule has 0 aliphatic carbocycles. The van der Waals surface area contributed by atoms with Crippen LogP contribution in [0.4, 0.5) is 5.82 Å². The number of aryl methyl sites for hydroxylation is 2. The van der Waals surface area contributed by atoms with E-state index in [9.17, 15) is 4.79 Å². The number of hydrogen-bond acceptors (Lipinski definition) is 4. The SMILES string of the molecule is Cc1cc(OC(C)C(=O)Nc2ccon2)cc(C)c1Cl. The lowest BCUT2D eigenvalue weighted by Crippen LogP contribution is -2.30. The van der Waals surface area contributed by atoms with Gasteiger partial charge in [-0.05, 0) is 44.0 Å². The summed E-state index contributed by atoms with van der Waals surface area (Å²) in [4.78, 5) is 11.9. The van der Waals surface area contributed by atoms with E-state index in [4.69, 9.17) is 16.3 Å². The molecular formula is C14H15ClN2O3. The molecular weight excluding hydrogens is 280 g/mol. The van der Waals surface area contributed by atoms with Crippen molar-refractivity contribution in [1.82, 2.24) is 5.16 Å². The van der Waals surface area contributed by atoms with Crippen LogP contribution < -0.4 is 10.1 Å². The van der Waals surface area contributed by atoms with Crippen molar-refractivity contribution in [3.8, 4) is 5.75 Å². The second kappa shape index (κ2) is 5.96. The maximum Gasteiger partial charge on any atom is 0.266 e. The van der Waals surface area contributed by atoms with Crippen molar-refractivity contribution in [2.75, 3.05) is 5.32 Å². The van der Waals surface area contributed by atoms with Gasteiger partial charge in [-0.15, -0.1) is 0 Å². The molecule has 5 nitrogen and oxygen atoms in total. The van der Waals surface area contributed by atoms with Crippen LogP contribution in [0, 0.1) is 13.8 Å². The van der Waals surface area contributed by atoms with Crippen LogP contribution in [-0.4, -0.2) is 17.2 Å². The predicted molar refractivity (Wildman–Crippen MR) is 76.1 cm³/mol. The van der Waals surface area contributed by atoms with Gasteiger partial charge >= 0.3 is 0 Å². The smallest absolute Gasteiger partial charge is 0.266 e. The molecule has 0 saturated heterocycles. The molecule has 0 aliphatic heterocycles. The normalized spacial score (nSPS) is 12.0. The summed E-state index contributed by atoms with van der Waals surface area (Å²) < 4.78 is 10.3. The zero-order valence-electron chi connectivity index (χ0n) is 11.4. The molecule has 1 amide bonds. The molecule has 0 radical (unpaired) electrons. The first-order valence-corrected chi connectivity index (χ1v) is 6.50. The van der Waals surface area contributed by atoms with Crippen molar-refractivity contribution in [2.45, 2.75) is 26.9 Å². The molecule has 2 rings (SSSR count). The molecule has 0 saturated carbocycles. The van der Waals surface area contributed by atoms with Gasteiger partial charge in [-0.3, -0.25) is 4.79 Å². The molecule has 1 unspecified atom stereocenters. The van der Waals surface area contributed by atoms with E-state index in [0.717, 1.165) is 11.1 Å². The molecule has 1 aromatic carbocycles. The summed E-state index contributed by atoms with van der Waals surface area (Å²) in [6.07, 6.45) is 0.722. The summed E-state index contributed by atoms with van der Waals surface area (Å²) in [6.45, 7) is 5.44. The summed E-state index contributed by atoms with van der Waals surface area (Å²) >= 11 is 6.09. The molecule has 1 N–H and O–H groups in total. The standard InChI is InChI=1S/C14H15ClN2O3/c1-8-6-11(7-9(2)13(8)15)20-10(3)14(18)16-12-4-5-19-17-12/h4-7,10H,1-3H3,(H,16,17,18). The number of ether oxygens (including phenoxy) is 1. The maximum absolute atomic E-state index is 11.9. The summed E-state index contributed by atoms with van der Waals surface area (Å²) in [7, 11) is 0. The number of amides is 1. The van der Waals surface area contributed by atoms with Gasteiger partial charge in [0, 0.05) is 11.1 Å². The lowest BCUT2D eigenvalue weighted by atomic mass is 10.1. The summed E-state index contributed by atoms with van der Waals surface area (Å²) in [5.41, 5.74) is 1.82. The predicted octanol–water partition coefficient (Wildman–Crippen LogP) is 3.35. The van der Waals surface area contributed by atoms with Gasteiger partial charge in [-0.1, -0.05) is 16.8 Å². The minimum atomic E-state index is -0.660. The highest BCUT2D eigenvalue weighted by molar-refractivity contribution is 6.32. The Bertz CT molecular complexity index is 588. The quantitative estimate of drug-likeness (QED) is 0.939. The fraction of sp³-hybridized carbons (Fsp3) is 0.286. The van der Waals surface area contributed by atoms with Crippen LogP contribution in [0.2, 0.25) is 5.02 Å². The minimum Gasteiger partial charge on any atom is -0.481 e. The Hall–Kier alpha value is -2.01. The molecule has 6 heteroatoms. The Morgan fingerprint density at radius 1 is 1.40 bits per heavy atom. The third kappa shape index (κ3) is 3.30. The molecule has 0 aliphatic rings. The Labute approximate surface area is 121 Å². The molecule has 0 spiro atoms. The van der Waals surface area contributed by atoms with E-state index in [1.165, 1.54) is 6.26 Å². The number of rotatable bonds is 4. The van der Waals surface area contributed by atoms with Gasteiger partial charge < -0.3 is 14.6 Å². The monoisotopic (exact) mass is 294 g/mol. The van der Waals surface area contributed by atoms with Gasteiger partial charge in [0.25, 0.3) is 5.91 Å². The Morgan fingerprint density at radius 3 is 2.60 bits per heavy atom. The van der Waals surface area contributed by atoms with Gasteiger partial charge in [0.15, 0.2) is 11.9 Å². The van der Waals surface area contributed by atoms with Crippen molar-refractivity contribution in [3.05, 3.63) is 40.6 Å². The third-order valence-electron chi connectivity index (χ3n) is 2.78. The zero-order chi connectivity index (χ0) is 14.7. The van der Waals surface area contributed by atoms with Crippen molar-refractivity contribution in [3.63, 3.8) is 0 Å². The highest BCUT2D eigenvalue weighted by atomic mass is 35.5. The largest absolute Gasteiger partial charge is 0.481 e. The van der Waals surface area contributed by atoms with E-state index in [2.05, 4.69) is 15.0 Å². The minimum absolute atomic E-state index is 0.302. The third-order valence-corrected chi connectivity index (χ3v) is 3.38. The molecule has 106 valence electrons. The number of carbonyl (C=O) groups excluding carboxylic acids is 1. The van der Waals surface area contributed by atoms with E-state index in [-0.39, 0.29) is 5.91 Å². The van der Waals surface area contributed by atoms with Gasteiger partial charge in [0.1, 0.15) is 12.0 Å². The summed E-state index contributed by atoms with van der Waals surface area (Å²) in [5.74, 6) is 0.658. The van der Waals surface area contributed by atoms with Gasteiger partial charge in [0.2, 0.25) is 0 Å². The molecule has 0 bridgehead atoms. The van der Waals surface area contributed by atoms with Crippen LogP contribution in [-0.2, 0) is 4.79 Å². The van der Waals surface area contributed by atoms with E-state index in [1.54, 1.807) is 25.1 Å². The highest BCUT2D eigenvalue weighted by Gasteiger charge is 2.16. The van der Waals surface area contributed by atoms with Crippen molar-refractivity contribution in [1.29, 1.82) is 0 Å². The first-order chi connectivity index (χ1) is 9.47. The number of nitrogens with zero attached hydrogens (tertiary/aromatic N) is 1. The number of hydrogen-bond donors (Lipinski definition) is 1. The first-order valence-electron chi connectivity index (χ1n) is 6.12. The number of benzene rings is 1. The molecule has 0 fully saturated rings. The molecule has 1 atom stereocenters. The highest BCUT2D eigenvalue weighted by Crippen LogP contribution is 2.26. The van der Waals surface area contributed by atoms with Gasteiger partial charge in [0.05, 0.1) is 0 Å². The second-order valence-electron chi connectivity index (χ2n) is 4.51. The van der Waals surface area contributed by atoms with Crippen LogP contribution in [0.25, 0.3) is 0 Å². The number of aromatic nitrogens is 1. The zero-order valence-corrected chi connectivity index (χ0v) is 12.2. The maximum atomic E-state index is 11.9. The fourth-order valence-corrected chi connectivity index (χ4v) is 1.85. The van der Waals surface area contributed by atoms with E-state index < -0.39 is 6.10 Å². The van der Waals surface area contributed by atoms with Crippen LogP contribution >= 0.6 is 11.6 Å². The lowest BCUT2D eigenvalue weighted by molar-refractivity contribution is -0.122. The topological polar surface area (TPSA) is 64.4 Å². The number of halogens is 1. The Balaban J connectivity index is 2.04. The summed E-state index contributed by atoms with van der Waals surface area (Å²) in [5, 5.41) is 6.90. The number of anilines is 1. The van der Waals surface area contributed by atoms with Crippen molar-refractivity contribution < 1.29 is 14.1 Å². The van der Waals surface area contributed by atoms with Crippen LogP contribution in [0.3, 0.4) is 0 Å². The average molecular weight is 295 g/mol. The van der Waals surface area contributed by atoms with Crippen molar-refractivity contribution in [2.24, 2.45) is 0 Å². The van der Waals surface area contributed by atoms with Crippen molar-refractivity contribution >= 4 is 23.3 Å². The molecule has 1 aromatic heterocycles. The average Bonchev–Trinajstić information content (AvgIpc) is 2.88. The lowest BCUT2D eigenvalue weighted by Gasteiger charge is -2.15. The molecule has 2 aromatic rings.